The molecule has 4 rings (SSSR count). The zero-order valence-corrected chi connectivity index (χ0v) is 20.6. The van der Waals surface area contributed by atoms with Crippen molar-refractivity contribution in [2.24, 2.45) is 5.92 Å². The molecule has 0 aliphatic rings. The summed E-state index contributed by atoms with van der Waals surface area (Å²) in [4.78, 5) is 44.5. The van der Waals surface area contributed by atoms with Crippen molar-refractivity contribution in [1.82, 2.24) is 18.7 Å². The number of fused-ring (bicyclic) bond motifs is 1. The lowest BCUT2D eigenvalue weighted by Gasteiger charge is -2.14. The molecule has 0 bridgehead atoms. The molecule has 182 valence electrons. The molecule has 0 aliphatic heterocycles. The van der Waals surface area contributed by atoms with Gasteiger partial charge in [0.05, 0.1) is 38.3 Å². The maximum absolute atomic E-state index is 13.5. The van der Waals surface area contributed by atoms with Crippen molar-refractivity contribution in [3.8, 4) is 17.2 Å². The Hall–Kier alpha value is -3.85. The normalized spacial score (nSPS) is 11.3. The molecule has 0 fully saturated rings. The molecule has 10 heteroatoms. The van der Waals surface area contributed by atoms with Gasteiger partial charge in [0.2, 0.25) is 0 Å². The number of carbonyl (C=O) groups is 1. The topological polar surface area (TPSA) is 97.3 Å². The summed E-state index contributed by atoms with van der Waals surface area (Å²) >= 11 is 6.17. The molecule has 0 radical (unpaired) electrons. The molecule has 0 saturated carbocycles. The van der Waals surface area contributed by atoms with Crippen LogP contribution in [0.4, 0.5) is 0 Å². The van der Waals surface area contributed by atoms with Crippen LogP contribution in [0.25, 0.3) is 16.9 Å². The van der Waals surface area contributed by atoms with Crippen LogP contribution in [-0.2, 0) is 13.1 Å². The second-order valence-corrected chi connectivity index (χ2v) is 8.88. The largest absolute Gasteiger partial charge is 0.497 e. The summed E-state index contributed by atoms with van der Waals surface area (Å²) in [6.45, 7) is 3.84. The number of benzene rings is 2. The number of ether oxygens (including phenoxy) is 2. The highest BCUT2D eigenvalue weighted by Gasteiger charge is 2.22. The van der Waals surface area contributed by atoms with E-state index in [0.717, 1.165) is 0 Å². The number of halogens is 1. The van der Waals surface area contributed by atoms with E-state index in [2.05, 4.69) is 4.98 Å². The van der Waals surface area contributed by atoms with Crippen LogP contribution in [0.2, 0.25) is 5.02 Å². The van der Waals surface area contributed by atoms with Crippen LogP contribution < -0.4 is 20.7 Å². The molecule has 2 heterocycles. The minimum atomic E-state index is -0.524. The first-order chi connectivity index (χ1) is 16.7. The maximum atomic E-state index is 13.5. The zero-order valence-electron chi connectivity index (χ0n) is 19.8. The van der Waals surface area contributed by atoms with E-state index >= 15 is 0 Å². The van der Waals surface area contributed by atoms with E-state index in [-0.39, 0.29) is 36.0 Å². The summed E-state index contributed by atoms with van der Waals surface area (Å²) in [5.41, 5.74) is 0.0212. The Morgan fingerprint density at radius 2 is 1.86 bits per heavy atom. The number of rotatable bonds is 8. The van der Waals surface area contributed by atoms with E-state index in [1.165, 1.54) is 34.2 Å². The molecule has 2 aromatic heterocycles. The van der Waals surface area contributed by atoms with E-state index in [9.17, 15) is 14.4 Å². The van der Waals surface area contributed by atoms with Gasteiger partial charge >= 0.3 is 5.69 Å². The molecule has 2 aromatic carbocycles. The maximum Gasteiger partial charge on any atom is 0.337 e. The van der Waals surface area contributed by atoms with Crippen molar-refractivity contribution < 1.29 is 14.3 Å². The summed E-state index contributed by atoms with van der Waals surface area (Å²) in [6, 6.07) is 11.7. The van der Waals surface area contributed by atoms with Crippen molar-refractivity contribution in [2.75, 3.05) is 14.2 Å². The Kier molecular flexibility index (Phi) is 6.79. The van der Waals surface area contributed by atoms with Crippen LogP contribution in [0.1, 0.15) is 24.2 Å². The fourth-order valence-electron chi connectivity index (χ4n) is 3.95. The number of methoxy groups -OCH3 is 2. The Morgan fingerprint density at radius 1 is 1.09 bits per heavy atom. The zero-order chi connectivity index (χ0) is 25.3. The van der Waals surface area contributed by atoms with Gasteiger partial charge in [0.15, 0.2) is 16.9 Å². The van der Waals surface area contributed by atoms with Crippen LogP contribution in [0, 0.1) is 5.92 Å². The molecule has 0 spiro atoms. The van der Waals surface area contributed by atoms with Gasteiger partial charge in [-0.25, -0.2) is 14.3 Å². The van der Waals surface area contributed by atoms with Crippen molar-refractivity contribution in [3.05, 3.63) is 80.2 Å². The third-order valence-corrected chi connectivity index (χ3v) is 5.77. The lowest BCUT2D eigenvalue weighted by atomic mass is 10.1. The van der Waals surface area contributed by atoms with Crippen LogP contribution in [-0.4, -0.2) is 38.7 Å². The quantitative estimate of drug-likeness (QED) is 0.346. The fraction of sp³-hybridized carbons (Fsp3) is 0.280. The predicted octanol–water partition coefficient (Wildman–Crippen LogP) is 3.56. The minimum absolute atomic E-state index is 0.0321. The number of hydrogen-bond acceptors (Lipinski definition) is 6. The highest BCUT2D eigenvalue weighted by atomic mass is 35.5. The summed E-state index contributed by atoms with van der Waals surface area (Å²) in [5.74, 6) is 0.604. The molecule has 9 nitrogen and oxygen atoms in total. The van der Waals surface area contributed by atoms with Crippen molar-refractivity contribution in [1.29, 1.82) is 0 Å². The summed E-state index contributed by atoms with van der Waals surface area (Å²) in [6.07, 6.45) is 1.39. The Bertz CT molecular complexity index is 1530. The smallest absolute Gasteiger partial charge is 0.337 e. The van der Waals surface area contributed by atoms with Crippen LogP contribution in [0.3, 0.4) is 0 Å². The highest BCUT2D eigenvalue weighted by molar-refractivity contribution is 6.30. The Balaban J connectivity index is 1.92. The first kappa shape index (κ1) is 24.3. The number of aromatic nitrogens is 4. The number of ketones is 1. The second kappa shape index (κ2) is 9.79. The first-order valence-corrected chi connectivity index (χ1v) is 11.3. The lowest BCUT2D eigenvalue weighted by molar-refractivity contribution is 0.0970. The number of Topliss-reactive ketones (excluding diaryl/α,β-unsaturated/α-hetero) is 1. The molecule has 35 heavy (non-hydrogen) atoms. The third kappa shape index (κ3) is 4.59. The van der Waals surface area contributed by atoms with Gasteiger partial charge in [0.1, 0.15) is 11.5 Å². The fourth-order valence-corrected chi connectivity index (χ4v) is 4.13. The minimum Gasteiger partial charge on any atom is -0.497 e. The Labute approximate surface area is 206 Å². The number of nitrogens with zero attached hydrogens (tertiary/aromatic N) is 4. The molecule has 0 unspecified atom stereocenters. The molecule has 0 atom stereocenters. The molecular formula is C25H25ClN4O5. The van der Waals surface area contributed by atoms with E-state index < -0.39 is 11.2 Å². The molecule has 0 aliphatic carbocycles. The summed E-state index contributed by atoms with van der Waals surface area (Å²) in [7, 11) is 2.98. The number of hydrogen-bond donors (Lipinski definition) is 0. The molecule has 0 amide bonds. The first-order valence-electron chi connectivity index (χ1n) is 11.0. The van der Waals surface area contributed by atoms with Crippen molar-refractivity contribution in [3.63, 3.8) is 0 Å². The molecule has 0 N–H and O–H groups in total. The van der Waals surface area contributed by atoms with Crippen LogP contribution in [0.5, 0.6) is 11.5 Å². The monoisotopic (exact) mass is 496 g/mol. The Morgan fingerprint density at radius 3 is 2.51 bits per heavy atom. The number of carbonyl (C=O) groups excluding carboxylic acids is 1. The molecule has 4 aromatic rings. The van der Waals surface area contributed by atoms with Gasteiger partial charge < -0.3 is 14.0 Å². The second-order valence-electron chi connectivity index (χ2n) is 8.44. The molecular weight excluding hydrogens is 472 g/mol. The third-order valence-electron chi connectivity index (χ3n) is 5.54. The van der Waals surface area contributed by atoms with E-state index in [0.29, 0.717) is 27.8 Å². The average molecular weight is 497 g/mol. The van der Waals surface area contributed by atoms with Gasteiger partial charge in [0.25, 0.3) is 5.56 Å². The van der Waals surface area contributed by atoms with Gasteiger partial charge in [-0.15, -0.1) is 0 Å². The van der Waals surface area contributed by atoms with E-state index in [4.69, 9.17) is 21.1 Å². The van der Waals surface area contributed by atoms with Crippen molar-refractivity contribution >= 4 is 28.5 Å². The van der Waals surface area contributed by atoms with Crippen LogP contribution in [0.15, 0.2) is 58.4 Å². The highest BCUT2D eigenvalue weighted by Crippen LogP contribution is 2.25. The predicted molar refractivity (Wildman–Crippen MR) is 133 cm³/mol. The standard InChI is InChI=1S/C25H25ClN4O5/c1-15(2)12-29-24(32)22-23(30(25(29)33)17-7-5-6-16(26)10-17)27-14-28(22)13-20(31)19-11-18(34-3)8-9-21(19)35-4/h5-11,14-15H,12-13H2,1-4H3. The van der Waals surface area contributed by atoms with Gasteiger partial charge in [-0.2, -0.15) is 0 Å². The summed E-state index contributed by atoms with van der Waals surface area (Å²) < 4.78 is 14.5. The number of imidazole rings is 1. The van der Waals surface area contributed by atoms with Gasteiger partial charge in [-0.3, -0.25) is 14.2 Å². The van der Waals surface area contributed by atoms with Gasteiger partial charge in [-0.05, 0) is 42.3 Å². The van der Waals surface area contributed by atoms with Crippen LogP contribution >= 0.6 is 11.6 Å². The van der Waals surface area contributed by atoms with E-state index in [1.54, 1.807) is 42.5 Å². The SMILES string of the molecule is COc1ccc(OC)c(C(=O)Cn2cnc3c2c(=O)n(CC(C)C)c(=O)n3-c2cccc(Cl)c2)c1. The van der Waals surface area contributed by atoms with Gasteiger partial charge in [0, 0.05) is 11.6 Å². The van der Waals surface area contributed by atoms with E-state index in [1.807, 2.05) is 13.8 Å². The summed E-state index contributed by atoms with van der Waals surface area (Å²) in [5, 5.41) is 0.434. The van der Waals surface area contributed by atoms with Crippen molar-refractivity contribution in [2.45, 2.75) is 26.9 Å². The molecule has 0 saturated heterocycles. The average Bonchev–Trinajstić information content (AvgIpc) is 3.24. The van der Waals surface area contributed by atoms with Gasteiger partial charge in [-0.1, -0.05) is 31.5 Å². The lowest BCUT2D eigenvalue weighted by Crippen LogP contribution is -2.41.